The van der Waals surface area contributed by atoms with Gasteiger partial charge in [-0.3, -0.25) is 9.59 Å². The van der Waals surface area contributed by atoms with E-state index in [1.165, 1.54) is 25.7 Å². The maximum atomic E-state index is 12.9. The molecule has 3 aromatic carbocycles. The predicted octanol–water partition coefficient (Wildman–Crippen LogP) is 8.56. The molecular weight excluding hydrogens is 816 g/mol. The first-order chi connectivity index (χ1) is 26.1. The summed E-state index contributed by atoms with van der Waals surface area (Å²) in [4.78, 5) is 35.3. The van der Waals surface area contributed by atoms with E-state index in [0.717, 1.165) is 53.8 Å². The monoisotopic (exact) mass is 860 g/mol. The minimum atomic E-state index is -0.0907. The van der Waals surface area contributed by atoms with E-state index in [4.69, 9.17) is 14.2 Å². The van der Waals surface area contributed by atoms with Gasteiger partial charge in [0.25, 0.3) is 0 Å². The summed E-state index contributed by atoms with van der Waals surface area (Å²) in [6, 6.07) is 17.1. The molecule has 0 bridgehead atoms. The van der Waals surface area contributed by atoms with Gasteiger partial charge in [0.1, 0.15) is 40.5 Å². The SMILES string of the molecule is COc1ccc([C@@H](C)N2C[C@H]([C@@H](C)Oc3cc(Br)cc4ncn(C5CC5)c34)CC2=O)cc1.C[C@@H](Oc1cc(Br)cc2ncn(C3CC3)c12)[C@H]1CNC(=O)C1. The lowest BCUT2D eigenvalue weighted by Crippen LogP contribution is -2.31. The van der Waals surface area contributed by atoms with Crippen LogP contribution in [-0.4, -0.2) is 68.2 Å². The van der Waals surface area contributed by atoms with Gasteiger partial charge in [-0.05, 0) is 88.4 Å². The fourth-order valence-corrected chi connectivity index (χ4v) is 8.55. The van der Waals surface area contributed by atoms with E-state index in [2.05, 4.69) is 70.1 Å². The Bertz CT molecular complexity index is 2180. The molecule has 4 fully saturated rings. The first-order valence-electron chi connectivity index (χ1n) is 18.9. The summed E-state index contributed by atoms with van der Waals surface area (Å²) >= 11 is 7.12. The zero-order valence-electron chi connectivity index (χ0n) is 31.0. The molecular formula is C41H46Br2N6O5. The van der Waals surface area contributed by atoms with Gasteiger partial charge in [-0.1, -0.05) is 44.0 Å². The van der Waals surface area contributed by atoms with Crippen molar-refractivity contribution in [3.05, 3.63) is 75.7 Å². The highest BCUT2D eigenvalue weighted by Gasteiger charge is 2.37. The number of methoxy groups -OCH3 is 1. The third-order valence-electron chi connectivity index (χ3n) is 11.3. The number of imidazole rings is 2. The highest BCUT2D eigenvalue weighted by molar-refractivity contribution is 9.10. The second-order valence-electron chi connectivity index (χ2n) is 15.2. The number of amides is 2. The van der Waals surface area contributed by atoms with Crippen molar-refractivity contribution in [2.45, 2.75) is 89.6 Å². The average molecular weight is 863 g/mol. The van der Waals surface area contributed by atoms with Crippen LogP contribution in [-0.2, 0) is 9.59 Å². The molecule has 2 saturated heterocycles. The molecule has 2 aliphatic heterocycles. The smallest absolute Gasteiger partial charge is 0.223 e. The number of aromatic nitrogens is 4. The van der Waals surface area contributed by atoms with Gasteiger partial charge in [0.05, 0.1) is 36.8 Å². The minimum absolute atomic E-state index is 0.0134. The van der Waals surface area contributed by atoms with E-state index in [0.29, 0.717) is 38.0 Å². The van der Waals surface area contributed by atoms with Crippen molar-refractivity contribution in [1.82, 2.24) is 29.3 Å². The van der Waals surface area contributed by atoms with Gasteiger partial charge in [-0.25, -0.2) is 9.97 Å². The van der Waals surface area contributed by atoms with Crippen molar-refractivity contribution in [1.29, 1.82) is 0 Å². The van der Waals surface area contributed by atoms with Crippen LogP contribution in [0, 0.1) is 11.8 Å². The van der Waals surface area contributed by atoms with Crippen LogP contribution >= 0.6 is 31.9 Å². The molecule has 9 rings (SSSR count). The molecule has 4 aliphatic rings. The first kappa shape index (κ1) is 36.9. The Balaban J connectivity index is 0.000000164. The molecule has 54 heavy (non-hydrogen) atoms. The number of rotatable bonds is 11. The molecule has 5 aromatic rings. The lowest BCUT2D eigenvalue weighted by Gasteiger charge is -2.27. The van der Waals surface area contributed by atoms with Gasteiger partial charge in [0.2, 0.25) is 11.8 Å². The lowest BCUT2D eigenvalue weighted by molar-refractivity contribution is -0.129. The van der Waals surface area contributed by atoms with Crippen molar-refractivity contribution in [3.63, 3.8) is 0 Å². The van der Waals surface area contributed by atoms with Gasteiger partial charge in [-0.2, -0.15) is 0 Å². The second kappa shape index (κ2) is 15.2. The Kier molecular flexibility index (Phi) is 10.4. The zero-order valence-corrected chi connectivity index (χ0v) is 34.2. The van der Waals surface area contributed by atoms with Gasteiger partial charge in [0.15, 0.2) is 0 Å². The number of hydrogen-bond acceptors (Lipinski definition) is 7. The molecule has 0 unspecified atom stereocenters. The van der Waals surface area contributed by atoms with E-state index in [-0.39, 0.29) is 41.9 Å². The number of likely N-dealkylation sites (tertiary alicyclic amines) is 1. The van der Waals surface area contributed by atoms with Crippen LogP contribution in [0.3, 0.4) is 0 Å². The molecule has 2 saturated carbocycles. The van der Waals surface area contributed by atoms with Gasteiger partial charge < -0.3 is 33.6 Å². The quantitative estimate of drug-likeness (QED) is 0.142. The van der Waals surface area contributed by atoms with Crippen LogP contribution < -0.4 is 19.5 Å². The highest BCUT2D eigenvalue weighted by Crippen LogP contribution is 2.43. The fraction of sp³-hybridized carbons (Fsp3) is 0.463. The summed E-state index contributed by atoms with van der Waals surface area (Å²) in [5.74, 6) is 3.15. The molecule has 0 spiro atoms. The first-order valence-corrected chi connectivity index (χ1v) is 20.5. The Labute approximate surface area is 332 Å². The van der Waals surface area contributed by atoms with Crippen LogP contribution in [0.15, 0.2) is 70.1 Å². The van der Waals surface area contributed by atoms with E-state index < -0.39 is 0 Å². The van der Waals surface area contributed by atoms with Crippen LogP contribution in [0.5, 0.6) is 17.2 Å². The Morgan fingerprint density at radius 2 is 1.30 bits per heavy atom. The van der Waals surface area contributed by atoms with E-state index >= 15 is 0 Å². The van der Waals surface area contributed by atoms with Crippen molar-refractivity contribution in [3.8, 4) is 17.2 Å². The fourth-order valence-electron chi connectivity index (χ4n) is 7.70. The maximum Gasteiger partial charge on any atom is 0.223 e. The van der Waals surface area contributed by atoms with Gasteiger partial charge in [-0.15, -0.1) is 0 Å². The Morgan fingerprint density at radius 1 is 0.759 bits per heavy atom. The largest absolute Gasteiger partial charge is 0.497 e. The van der Waals surface area contributed by atoms with E-state index in [1.807, 2.05) is 73.0 Å². The van der Waals surface area contributed by atoms with E-state index in [1.54, 1.807) is 7.11 Å². The predicted molar refractivity (Wildman–Crippen MR) is 214 cm³/mol. The average Bonchev–Trinajstić information content (AvgIpc) is 4.00. The third kappa shape index (κ3) is 7.71. The number of benzene rings is 3. The van der Waals surface area contributed by atoms with E-state index in [9.17, 15) is 9.59 Å². The number of ether oxygens (including phenoxy) is 3. The number of hydrogen-bond donors (Lipinski definition) is 1. The molecule has 13 heteroatoms. The third-order valence-corrected chi connectivity index (χ3v) is 12.2. The van der Waals surface area contributed by atoms with Gasteiger partial charge >= 0.3 is 0 Å². The minimum Gasteiger partial charge on any atom is -0.497 e. The number of nitrogens with zero attached hydrogens (tertiary/aromatic N) is 5. The van der Waals surface area contributed by atoms with Crippen molar-refractivity contribution < 1.29 is 23.8 Å². The molecule has 1 N–H and O–H groups in total. The molecule has 5 atom stereocenters. The van der Waals surface area contributed by atoms with Crippen LogP contribution in [0.25, 0.3) is 22.1 Å². The summed E-state index contributed by atoms with van der Waals surface area (Å²) in [5, 5.41) is 2.87. The molecule has 2 aliphatic carbocycles. The number of halogens is 2. The van der Waals surface area contributed by atoms with Crippen molar-refractivity contribution in [2.75, 3.05) is 20.2 Å². The summed E-state index contributed by atoms with van der Waals surface area (Å²) in [5.41, 5.74) is 5.11. The van der Waals surface area contributed by atoms with Crippen molar-refractivity contribution in [2.24, 2.45) is 11.8 Å². The summed E-state index contributed by atoms with van der Waals surface area (Å²) in [6.07, 6.45) is 9.55. The summed E-state index contributed by atoms with van der Waals surface area (Å²) in [7, 11) is 1.66. The standard InChI is InChI=1S/C25H28BrN3O3.C16H18BrN3O2/c1-15(17-4-8-21(31-3)9-5-17)28-13-18(10-24(28)30)16(2)32-23-12-19(26)11-22-25(23)29(14-27-22)20-6-7-20;1-9(10-4-15(21)18-7-10)22-14-6-11(17)5-13-16(14)20(8-19-13)12-2-3-12/h4-5,8-9,11-12,14-16,18,20H,6-7,10,13H2,1-3H3;5-6,8-10,12H,2-4,7H2,1H3,(H,18,21)/t15-,16-,18-;9-,10-/m11/s1. The number of carbonyl (C=O) groups is 2. The number of fused-ring (bicyclic) bond motifs is 2. The highest BCUT2D eigenvalue weighted by atomic mass is 79.9. The zero-order chi connectivity index (χ0) is 37.7. The molecule has 0 radical (unpaired) electrons. The summed E-state index contributed by atoms with van der Waals surface area (Å²) < 4.78 is 24.4. The molecule has 4 heterocycles. The molecule has 2 aromatic heterocycles. The molecule has 11 nitrogen and oxygen atoms in total. The number of nitrogens with one attached hydrogen (secondary N) is 1. The maximum absolute atomic E-state index is 12.9. The summed E-state index contributed by atoms with van der Waals surface area (Å²) in [6.45, 7) is 7.57. The van der Waals surface area contributed by atoms with Crippen LogP contribution in [0.2, 0.25) is 0 Å². The lowest BCUT2D eigenvalue weighted by atomic mass is 10.0. The second-order valence-corrected chi connectivity index (χ2v) is 17.0. The van der Waals surface area contributed by atoms with Gasteiger partial charge in [0, 0.05) is 58.8 Å². The molecule has 284 valence electrons. The molecule has 2 amide bonds. The van der Waals surface area contributed by atoms with Crippen LogP contribution in [0.4, 0.5) is 0 Å². The normalized spacial score (nSPS) is 21.5. The topological polar surface area (TPSA) is 113 Å². The Hall–Kier alpha value is -4.10. The Morgan fingerprint density at radius 3 is 1.78 bits per heavy atom. The number of carbonyl (C=O) groups excluding carboxylic acids is 2. The van der Waals surface area contributed by atoms with Crippen molar-refractivity contribution >= 4 is 65.7 Å². The van der Waals surface area contributed by atoms with Crippen LogP contribution in [0.1, 0.15) is 83.0 Å².